The molecule has 0 heterocycles. The van der Waals surface area contributed by atoms with E-state index in [4.69, 9.17) is 19.3 Å². The lowest BCUT2D eigenvalue weighted by atomic mass is 10.0. The maximum absolute atomic E-state index is 11.2. The Morgan fingerprint density at radius 1 is 0.523 bits per heavy atom. The lowest BCUT2D eigenvalue weighted by Crippen LogP contribution is -2.23. The molecule has 2 N–H and O–H groups in total. The molecular weight excluding hydrogens is 571 g/mol. The Balaban J connectivity index is 3.71. The quantitative estimate of drug-likeness (QED) is 0.0397. The van der Waals surface area contributed by atoms with Crippen LogP contribution in [-0.4, -0.2) is 35.7 Å². The van der Waals surface area contributed by atoms with Crippen LogP contribution in [0.4, 0.5) is 0 Å². The van der Waals surface area contributed by atoms with Gasteiger partial charge in [-0.3, -0.25) is 4.52 Å². The second-order valence-electron chi connectivity index (χ2n) is 13.0. The van der Waals surface area contributed by atoms with Crippen LogP contribution in [0.1, 0.15) is 200 Å². The summed E-state index contributed by atoms with van der Waals surface area (Å²) in [5.41, 5.74) is 0. The number of hydrogen-bond acceptors (Lipinski definition) is 4. The summed E-state index contributed by atoms with van der Waals surface area (Å²) in [4.78, 5) is 18.1. The monoisotopic (exact) mass is 647 g/mol. The van der Waals surface area contributed by atoms with E-state index in [1.807, 2.05) is 6.08 Å². The highest BCUT2D eigenvalue weighted by atomic mass is 31.2. The first-order chi connectivity index (χ1) is 21.5. The molecule has 1 atom stereocenters. The van der Waals surface area contributed by atoms with Gasteiger partial charge in [-0.15, -0.1) is 0 Å². The van der Waals surface area contributed by atoms with Crippen LogP contribution in [0.5, 0.6) is 0 Å². The van der Waals surface area contributed by atoms with Gasteiger partial charge in [-0.1, -0.05) is 181 Å². The van der Waals surface area contributed by atoms with Gasteiger partial charge in [-0.25, -0.2) is 4.57 Å². The molecule has 0 saturated heterocycles. The molecule has 0 aliphatic carbocycles. The number of rotatable bonds is 37. The minimum atomic E-state index is -4.53. The van der Waals surface area contributed by atoms with Crippen LogP contribution in [0.2, 0.25) is 0 Å². The minimum absolute atomic E-state index is 0.188. The Bertz CT molecular complexity index is 623. The molecule has 0 spiro atoms. The molecule has 0 fully saturated rings. The highest BCUT2D eigenvalue weighted by molar-refractivity contribution is 7.46. The summed E-state index contributed by atoms with van der Waals surface area (Å²) >= 11 is 0. The summed E-state index contributed by atoms with van der Waals surface area (Å²) in [5, 5.41) is 0. The number of phosphoric acid groups is 1. The highest BCUT2D eigenvalue weighted by Crippen LogP contribution is 2.35. The van der Waals surface area contributed by atoms with E-state index in [0.717, 1.165) is 25.7 Å². The lowest BCUT2D eigenvalue weighted by molar-refractivity contribution is -0.00368. The van der Waals surface area contributed by atoms with Gasteiger partial charge in [0.05, 0.1) is 19.5 Å². The van der Waals surface area contributed by atoms with Crippen molar-refractivity contribution in [1.29, 1.82) is 0 Å². The summed E-state index contributed by atoms with van der Waals surface area (Å²) < 4.78 is 27.3. The van der Waals surface area contributed by atoms with E-state index in [1.54, 1.807) is 6.26 Å². The summed E-state index contributed by atoms with van der Waals surface area (Å²) in [6, 6.07) is 0. The van der Waals surface area contributed by atoms with Crippen LogP contribution in [0, 0.1) is 0 Å². The Morgan fingerprint density at radius 3 is 1.27 bits per heavy atom. The number of phosphoric ester groups is 1. The molecule has 0 unspecified atom stereocenters. The largest absolute Gasteiger partial charge is 0.494 e. The van der Waals surface area contributed by atoms with E-state index in [-0.39, 0.29) is 13.2 Å². The Hall–Kier alpha value is -0.390. The molecule has 0 saturated carbocycles. The van der Waals surface area contributed by atoms with Gasteiger partial charge in [0, 0.05) is 6.61 Å². The van der Waals surface area contributed by atoms with Gasteiger partial charge in [0.1, 0.15) is 6.10 Å². The minimum Gasteiger partial charge on any atom is -0.494 e. The molecule has 0 aliphatic rings. The second kappa shape index (κ2) is 35.5. The summed E-state index contributed by atoms with van der Waals surface area (Å²) in [5.74, 6) is 0. The van der Waals surface area contributed by atoms with Crippen molar-refractivity contribution in [3.05, 3.63) is 12.3 Å². The molecule has 0 amide bonds. The molecule has 0 rings (SSSR count). The summed E-state index contributed by atoms with van der Waals surface area (Å²) in [7, 11) is -4.53. The van der Waals surface area contributed by atoms with Crippen LogP contribution in [0.15, 0.2) is 12.3 Å². The van der Waals surface area contributed by atoms with Gasteiger partial charge in [0.25, 0.3) is 0 Å². The predicted octanol–water partition coefficient (Wildman–Crippen LogP) is 12.4. The molecule has 0 aromatic carbocycles. The Morgan fingerprint density at radius 2 is 0.886 bits per heavy atom. The van der Waals surface area contributed by atoms with Crippen LogP contribution in [-0.2, 0) is 18.6 Å². The van der Waals surface area contributed by atoms with Crippen molar-refractivity contribution in [2.45, 2.75) is 206 Å². The first-order valence-corrected chi connectivity index (χ1v) is 20.6. The van der Waals surface area contributed by atoms with Crippen LogP contribution in [0.3, 0.4) is 0 Å². The van der Waals surface area contributed by atoms with Crippen molar-refractivity contribution >= 4 is 7.82 Å². The standard InChI is InChI=1S/C37H75O6P/c1-3-5-7-9-11-13-15-17-19-20-22-24-26-28-30-32-34-42-37(36-43-44(38,39)40)35-41-33-31-29-27-25-23-21-18-16-14-12-10-8-6-4-2/h32,34,37H,3-31,33,35-36H2,1-2H3,(H2,38,39,40)/t37-/m1/s1. The fourth-order valence-corrected chi connectivity index (χ4v) is 5.97. The van der Waals surface area contributed by atoms with Gasteiger partial charge >= 0.3 is 7.82 Å². The van der Waals surface area contributed by atoms with Gasteiger partial charge in [0.15, 0.2) is 0 Å². The van der Waals surface area contributed by atoms with Crippen molar-refractivity contribution in [3.8, 4) is 0 Å². The van der Waals surface area contributed by atoms with Crippen molar-refractivity contribution in [3.63, 3.8) is 0 Å². The SMILES string of the molecule is CCCCCCCCCCCCCCCCC=CO[C@H](COCCCCCCCCCCCCCCCC)COP(=O)(O)O. The maximum atomic E-state index is 11.2. The molecule has 0 aromatic heterocycles. The number of hydrogen-bond donors (Lipinski definition) is 2. The Labute approximate surface area is 274 Å². The van der Waals surface area contributed by atoms with E-state index in [0.29, 0.717) is 6.61 Å². The normalized spacial score (nSPS) is 12.8. The van der Waals surface area contributed by atoms with Crippen LogP contribution < -0.4 is 0 Å². The molecular formula is C37H75O6P. The Kier molecular flexibility index (Phi) is 35.1. The molecule has 0 aliphatic heterocycles. The van der Waals surface area contributed by atoms with Gasteiger partial charge in [-0.05, 0) is 25.3 Å². The van der Waals surface area contributed by atoms with Crippen molar-refractivity contribution < 1.29 is 28.3 Å². The van der Waals surface area contributed by atoms with Crippen LogP contribution >= 0.6 is 7.82 Å². The molecule has 6 nitrogen and oxygen atoms in total. The smallest absolute Gasteiger partial charge is 0.469 e. The molecule has 44 heavy (non-hydrogen) atoms. The average Bonchev–Trinajstić information content (AvgIpc) is 3.00. The van der Waals surface area contributed by atoms with Crippen molar-refractivity contribution in [2.75, 3.05) is 19.8 Å². The first-order valence-electron chi connectivity index (χ1n) is 19.1. The van der Waals surface area contributed by atoms with E-state index in [9.17, 15) is 4.57 Å². The van der Waals surface area contributed by atoms with Gasteiger partial charge in [-0.2, -0.15) is 0 Å². The second-order valence-corrected chi connectivity index (χ2v) is 14.2. The zero-order valence-corrected chi connectivity index (χ0v) is 30.2. The van der Waals surface area contributed by atoms with E-state index < -0.39 is 13.9 Å². The molecule has 7 heteroatoms. The van der Waals surface area contributed by atoms with E-state index in [1.165, 1.54) is 161 Å². The van der Waals surface area contributed by atoms with Crippen LogP contribution in [0.25, 0.3) is 0 Å². The molecule has 0 bridgehead atoms. The van der Waals surface area contributed by atoms with Crippen molar-refractivity contribution in [1.82, 2.24) is 0 Å². The number of ether oxygens (including phenoxy) is 2. The van der Waals surface area contributed by atoms with Gasteiger partial charge < -0.3 is 19.3 Å². The average molecular weight is 647 g/mol. The molecule has 0 aromatic rings. The predicted molar refractivity (Wildman–Crippen MR) is 188 cm³/mol. The van der Waals surface area contributed by atoms with E-state index in [2.05, 4.69) is 18.4 Å². The van der Waals surface area contributed by atoms with E-state index >= 15 is 0 Å². The summed E-state index contributed by atoms with van der Waals surface area (Å²) in [6.07, 6.45) is 41.5. The third kappa shape index (κ3) is 37.8. The zero-order valence-electron chi connectivity index (χ0n) is 29.3. The topological polar surface area (TPSA) is 85.2 Å². The fraction of sp³-hybridized carbons (Fsp3) is 0.946. The van der Waals surface area contributed by atoms with Crippen molar-refractivity contribution in [2.24, 2.45) is 0 Å². The third-order valence-corrected chi connectivity index (χ3v) is 8.95. The molecule has 264 valence electrons. The number of unbranched alkanes of at least 4 members (excludes halogenated alkanes) is 27. The van der Waals surface area contributed by atoms with Gasteiger partial charge in [0.2, 0.25) is 0 Å². The summed E-state index contributed by atoms with van der Waals surface area (Å²) in [6.45, 7) is 5.26. The maximum Gasteiger partial charge on any atom is 0.469 e. The fourth-order valence-electron chi connectivity index (χ4n) is 5.61. The zero-order chi connectivity index (χ0) is 32.2. The first kappa shape index (κ1) is 43.6. The molecule has 0 radical (unpaired) electrons. The third-order valence-electron chi connectivity index (χ3n) is 8.47. The highest BCUT2D eigenvalue weighted by Gasteiger charge is 2.19. The number of allylic oxidation sites excluding steroid dienone is 1. The lowest BCUT2D eigenvalue weighted by Gasteiger charge is -2.17.